The number of ether oxygens (including phenoxy) is 1. The molecule has 0 aliphatic heterocycles. The van der Waals surface area contributed by atoms with Gasteiger partial charge in [-0.3, -0.25) is 11.3 Å². The lowest BCUT2D eigenvalue weighted by molar-refractivity contribution is -0.136. The van der Waals surface area contributed by atoms with Crippen molar-refractivity contribution in [2.45, 2.75) is 44.5 Å². The van der Waals surface area contributed by atoms with Crippen molar-refractivity contribution in [1.29, 1.82) is 0 Å². The second-order valence-corrected chi connectivity index (χ2v) is 4.57. The normalized spacial score (nSPS) is 15.1. The van der Waals surface area contributed by atoms with Gasteiger partial charge in [0, 0.05) is 13.0 Å². The quantitative estimate of drug-likeness (QED) is 0.570. The SMILES string of the molecule is CCOC(c1ccccc1)C(CCCC(F)(F)F)NN. The lowest BCUT2D eigenvalue weighted by Crippen LogP contribution is -2.41. The van der Waals surface area contributed by atoms with Crippen LogP contribution in [0.15, 0.2) is 30.3 Å². The molecule has 1 aromatic rings. The van der Waals surface area contributed by atoms with Crippen LogP contribution in [-0.2, 0) is 4.74 Å². The van der Waals surface area contributed by atoms with Gasteiger partial charge in [0.05, 0.1) is 12.1 Å². The van der Waals surface area contributed by atoms with Gasteiger partial charge in [-0.25, -0.2) is 0 Å². The van der Waals surface area contributed by atoms with Crippen LogP contribution >= 0.6 is 0 Å². The number of rotatable bonds is 8. The zero-order chi connectivity index (χ0) is 15.0. The summed E-state index contributed by atoms with van der Waals surface area (Å²) in [6, 6.07) is 9.03. The summed E-state index contributed by atoms with van der Waals surface area (Å²) in [6.45, 7) is 2.32. The molecule has 0 spiro atoms. The van der Waals surface area contributed by atoms with Gasteiger partial charge in [-0.05, 0) is 25.3 Å². The Morgan fingerprint density at radius 2 is 1.90 bits per heavy atom. The molecule has 3 N–H and O–H groups in total. The fourth-order valence-electron chi connectivity index (χ4n) is 2.11. The zero-order valence-corrected chi connectivity index (χ0v) is 11.5. The maximum absolute atomic E-state index is 12.2. The molecule has 20 heavy (non-hydrogen) atoms. The van der Waals surface area contributed by atoms with E-state index in [1.54, 1.807) is 0 Å². The van der Waals surface area contributed by atoms with Crippen molar-refractivity contribution in [3.8, 4) is 0 Å². The van der Waals surface area contributed by atoms with Gasteiger partial charge < -0.3 is 4.74 Å². The third-order valence-corrected chi connectivity index (χ3v) is 3.03. The molecule has 3 nitrogen and oxygen atoms in total. The first-order chi connectivity index (χ1) is 9.48. The fourth-order valence-corrected chi connectivity index (χ4v) is 2.11. The van der Waals surface area contributed by atoms with Crippen molar-refractivity contribution in [2.24, 2.45) is 5.84 Å². The van der Waals surface area contributed by atoms with Gasteiger partial charge in [-0.2, -0.15) is 13.2 Å². The van der Waals surface area contributed by atoms with Crippen LogP contribution in [0.2, 0.25) is 0 Å². The Morgan fingerprint density at radius 1 is 1.25 bits per heavy atom. The molecular weight excluding hydrogens is 269 g/mol. The average molecular weight is 290 g/mol. The van der Waals surface area contributed by atoms with E-state index in [0.29, 0.717) is 13.0 Å². The van der Waals surface area contributed by atoms with Gasteiger partial charge in [0.2, 0.25) is 0 Å². The van der Waals surface area contributed by atoms with Crippen molar-refractivity contribution in [1.82, 2.24) is 5.43 Å². The molecule has 0 saturated heterocycles. The number of hydrogen-bond acceptors (Lipinski definition) is 3. The molecule has 0 amide bonds. The van der Waals surface area contributed by atoms with E-state index in [0.717, 1.165) is 5.56 Å². The largest absolute Gasteiger partial charge is 0.389 e. The Morgan fingerprint density at radius 3 is 2.40 bits per heavy atom. The lowest BCUT2D eigenvalue weighted by Gasteiger charge is -2.27. The Labute approximate surface area is 117 Å². The molecule has 6 heteroatoms. The summed E-state index contributed by atoms with van der Waals surface area (Å²) < 4.78 is 42.2. The first-order valence-electron chi connectivity index (χ1n) is 6.67. The summed E-state index contributed by atoms with van der Waals surface area (Å²) in [5, 5.41) is 0. The molecule has 0 aliphatic carbocycles. The molecule has 114 valence electrons. The van der Waals surface area contributed by atoms with Crippen molar-refractivity contribution in [3.05, 3.63) is 35.9 Å². The van der Waals surface area contributed by atoms with E-state index < -0.39 is 12.6 Å². The predicted octanol–water partition coefficient (Wildman–Crippen LogP) is 3.33. The molecular formula is C14H21F3N2O. The second-order valence-electron chi connectivity index (χ2n) is 4.57. The number of nitrogens with one attached hydrogen (secondary N) is 1. The van der Waals surface area contributed by atoms with Crippen LogP contribution in [0.25, 0.3) is 0 Å². The van der Waals surface area contributed by atoms with Crippen molar-refractivity contribution in [3.63, 3.8) is 0 Å². The first-order valence-corrected chi connectivity index (χ1v) is 6.67. The lowest BCUT2D eigenvalue weighted by atomic mass is 9.98. The molecule has 0 radical (unpaired) electrons. The minimum atomic E-state index is -4.13. The van der Waals surface area contributed by atoms with Crippen LogP contribution in [0.1, 0.15) is 37.9 Å². The summed E-state index contributed by atoms with van der Waals surface area (Å²) in [5.41, 5.74) is 3.49. The molecule has 0 saturated carbocycles. The minimum Gasteiger partial charge on any atom is -0.372 e. The predicted molar refractivity (Wildman–Crippen MR) is 71.8 cm³/mol. The van der Waals surface area contributed by atoms with Gasteiger partial charge in [-0.15, -0.1) is 0 Å². The Balaban J connectivity index is 2.67. The van der Waals surface area contributed by atoms with Gasteiger partial charge in [0.15, 0.2) is 0 Å². The second kappa shape index (κ2) is 8.24. The Hall–Kier alpha value is -1.11. The molecule has 0 fully saturated rings. The molecule has 2 unspecified atom stereocenters. The van der Waals surface area contributed by atoms with Crippen molar-refractivity contribution in [2.75, 3.05) is 6.61 Å². The molecule has 0 heterocycles. The number of hydrazine groups is 1. The van der Waals surface area contributed by atoms with Crippen LogP contribution in [-0.4, -0.2) is 18.8 Å². The summed E-state index contributed by atoms with van der Waals surface area (Å²) in [6.07, 6.45) is -4.96. The summed E-state index contributed by atoms with van der Waals surface area (Å²) in [5.74, 6) is 5.48. The van der Waals surface area contributed by atoms with Crippen molar-refractivity contribution < 1.29 is 17.9 Å². The molecule has 0 bridgehead atoms. The summed E-state index contributed by atoms with van der Waals surface area (Å²) in [4.78, 5) is 0. The van der Waals surface area contributed by atoms with E-state index in [1.807, 2.05) is 37.3 Å². The molecule has 1 aromatic carbocycles. The van der Waals surface area contributed by atoms with Crippen LogP contribution in [0, 0.1) is 0 Å². The standard InChI is InChI=1S/C14H21F3N2O/c1-2-20-13(11-7-4-3-5-8-11)12(19-18)9-6-10-14(15,16)17/h3-5,7-8,12-13,19H,2,6,9-10,18H2,1H3. The highest BCUT2D eigenvalue weighted by atomic mass is 19.4. The van der Waals surface area contributed by atoms with E-state index >= 15 is 0 Å². The molecule has 2 atom stereocenters. The zero-order valence-electron chi connectivity index (χ0n) is 11.5. The highest BCUT2D eigenvalue weighted by Crippen LogP contribution is 2.27. The molecule has 1 rings (SSSR count). The van der Waals surface area contributed by atoms with Gasteiger partial charge in [-0.1, -0.05) is 30.3 Å². The third kappa shape index (κ3) is 5.90. The smallest absolute Gasteiger partial charge is 0.372 e. The summed E-state index contributed by atoms with van der Waals surface area (Å²) >= 11 is 0. The average Bonchev–Trinajstić information content (AvgIpc) is 2.41. The van der Waals surface area contributed by atoms with Crippen LogP contribution in [0.3, 0.4) is 0 Å². The molecule has 0 aliphatic rings. The maximum atomic E-state index is 12.2. The van der Waals surface area contributed by atoms with E-state index in [-0.39, 0.29) is 18.6 Å². The van der Waals surface area contributed by atoms with Gasteiger partial charge in [0.1, 0.15) is 0 Å². The highest BCUT2D eigenvalue weighted by Gasteiger charge is 2.28. The minimum absolute atomic E-state index is 0.0226. The van der Waals surface area contributed by atoms with E-state index in [4.69, 9.17) is 10.6 Å². The number of halogens is 3. The number of nitrogens with two attached hydrogens (primary N) is 1. The van der Waals surface area contributed by atoms with Crippen LogP contribution < -0.4 is 11.3 Å². The van der Waals surface area contributed by atoms with Gasteiger partial charge >= 0.3 is 6.18 Å². The number of benzene rings is 1. The maximum Gasteiger partial charge on any atom is 0.389 e. The van der Waals surface area contributed by atoms with Crippen molar-refractivity contribution >= 4 is 0 Å². The summed E-state index contributed by atoms with van der Waals surface area (Å²) in [7, 11) is 0. The molecule has 0 aromatic heterocycles. The monoisotopic (exact) mass is 290 g/mol. The number of alkyl halides is 3. The van der Waals surface area contributed by atoms with E-state index in [1.165, 1.54) is 0 Å². The van der Waals surface area contributed by atoms with Crippen LogP contribution in [0.5, 0.6) is 0 Å². The van der Waals surface area contributed by atoms with E-state index in [2.05, 4.69) is 5.43 Å². The Kier molecular flexibility index (Phi) is 6.98. The first kappa shape index (κ1) is 16.9. The fraction of sp³-hybridized carbons (Fsp3) is 0.571. The number of hydrogen-bond donors (Lipinski definition) is 2. The highest BCUT2D eigenvalue weighted by molar-refractivity contribution is 5.19. The van der Waals surface area contributed by atoms with E-state index in [9.17, 15) is 13.2 Å². The van der Waals surface area contributed by atoms with Gasteiger partial charge in [0.25, 0.3) is 0 Å². The van der Waals surface area contributed by atoms with Crippen LogP contribution in [0.4, 0.5) is 13.2 Å². The Bertz CT molecular complexity index is 370. The third-order valence-electron chi connectivity index (χ3n) is 3.03. The topological polar surface area (TPSA) is 47.3 Å².